The Morgan fingerprint density at radius 2 is 1.97 bits per heavy atom. The van der Waals surface area contributed by atoms with E-state index < -0.39 is 0 Å². The van der Waals surface area contributed by atoms with E-state index in [0.29, 0.717) is 32.8 Å². The van der Waals surface area contributed by atoms with Crippen molar-refractivity contribution in [3.05, 3.63) is 23.8 Å². The van der Waals surface area contributed by atoms with Crippen LogP contribution in [0.25, 0.3) is 0 Å². The Morgan fingerprint density at radius 1 is 1.20 bits per heavy atom. The summed E-state index contributed by atoms with van der Waals surface area (Å²) in [5.74, 6) is 2.47. The minimum absolute atomic E-state index is 0.135. The Morgan fingerprint density at radius 3 is 2.60 bits per heavy atom. The van der Waals surface area contributed by atoms with Gasteiger partial charge in [0.1, 0.15) is 6.10 Å². The van der Waals surface area contributed by atoms with Crippen LogP contribution in [0.5, 0.6) is 11.5 Å². The standard InChI is InChI=1S/C22H34N4O4/c1-4-23-22(24-16-17-8-9-18(28-3)20(15-17)29-5-2)26-12-10-25(11-13-26)21(27)19-7-6-14-30-19/h8-9,15,19H,4-7,10-14,16H2,1-3H3,(H,23,24). The van der Waals surface area contributed by atoms with Gasteiger partial charge in [-0.3, -0.25) is 4.79 Å². The van der Waals surface area contributed by atoms with Crippen LogP contribution in [0, 0.1) is 0 Å². The number of piperazine rings is 1. The van der Waals surface area contributed by atoms with Gasteiger partial charge in [-0.15, -0.1) is 0 Å². The summed E-state index contributed by atoms with van der Waals surface area (Å²) in [7, 11) is 1.64. The summed E-state index contributed by atoms with van der Waals surface area (Å²) in [5.41, 5.74) is 1.06. The van der Waals surface area contributed by atoms with Crippen molar-refractivity contribution in [2.45, 2.75) is 39.3 Å². The summed E-state index contributed by atoms with van der Waals surface area (Å²) < 4.78 is 16.6. The summed E-state index contributed by atoms with van der Waals surface area (Å²) in [6.07, 6.45) is 1.58. The van der Waals surface area contributed by atoms with Gasteiger partial charge in [-0.05, 0) is 44.4 Å². The molecule has 1 amide bonds. The number of carbonyl (C=O) groups excluding carboxylic acids is 1. The van der Waals surface area contributed by atoms with Gasteiger partial charge in [-0.1, -0.05) is 6.07 Å². The molecule has 1 unspecified atom stereocenters. The van der Waals surface area contributed by atoms with Crippen molar-refractivity contribution in [1.82, 2.24) is 15.1 Å². The maximum absolute atomic E-state index is 12.6. The first-order valence-electron chi connectivity index (χ1n) is 10.9. The molecule has 2 heterocycles. The average molecular weight is 419 g/mol. The zero-order valence-electron chi connectivity index (χ0n) is 18.4. The van der Waals surface area contributed by atoms with E-state index in [2.05, 4.69) is 17.1 Å². The first-order chi connectivity index (χ1) is 14.7. The number of carbonyl (C=O) groups is 1. The van der Waals surface area contributed by atoms with Gasteiger partial charge in [-0.25, -0.2) is 4.99 Å². The monoisotopic (exact) mass is 418 g/mol. The molecule has 0 radical (unpaired) electrons. The number of rotatable bonds is 7. The van der Waals surface area contributed by atoms with E-state index in [9.17, 15) is 4.79 Å². The topological polar surface area (TPSA) is 75.6 Å². The Balaban J connectivity index is 1.61. The van der Waals surface area contributed by atoms with E-state index >= 15 is 0 Å². The molecule has 8 heteroatoms. The molecule has 3 rings (SSSR count). The highest BCUT2D eigenvalue weighted by Gasteiger charge is 2.30. The number of benzene rings is 1. The number of amides is 1. The molecule has 2 saturated heterocycles. The summed E-state index contributed by atoms with van der Waals surface area (Å²) in [4.78, 5) is 21.5. The molecule has 0 aromatic heterocycles. The fraction of sp³-hybridized carbons (Fsp3) is 0.636. The van der Waals surface area contributed by atoms with E-state index in [1.165, 1.54) is 0 Å². The van der Waals surface area contributed by atoms with E-state index in [0.717, 1.165) is 55.5 Å². The highest BCUT2D eigenvalue weighted by Crippen LogP contribution is 2.28. The zero-order valence-corrected chi connectivity index (χ0v) is 18.4. The third kappa shape index (κ3) is 5.56. The Labute approximate surface area is 179 Å². The maximum Gasteiger partial charge on any atom is 0.251 e. The van der Waals surface area contributed by atoms with Crippen LogP contribution in [-0.4, -0.2) is 80.8 Å². The van der Waals surface area contributed by atoms with Gasteiger partial charge in [0.05, 0.1) is 20.3 Å². The van der Waals surface area contributed by atoms with Crippen molar-refractivity contribution >= 4 is 11.9 Å². The van der Waals surface area contributed by atoms with E-state index in [4.69, 9.17) is 19.2 Å². The van der Waals surface area contributed by atoms with Crippen LogP contribution >= 0.6 is 0 Å². The second-order valence-corrected chi connectivity index (χ2v) is 7.40. The molecule has 0 saturated carbocycles. The number of ether oxygens (including phenoxy) is 3. The van der Waals surface area contributed by atoms with Crippen LogP contribution in [0.3, 0.4) is 0 Å². The molecule has 0 spiro atoms. The SMILES string of the molecule is CCNC(=NCc1ccc(OC)c(OCC)c1)N1CCN(C(=O)C2CCCO2)CC1. The van der Waals surface area contributed by atoms with E-state index in [-0.39, 0.29) is 12.0 Å². The molecule has 0 aliphatic carbocycles. The second-order valence-electron chi connectivity index (χ2n) is 7.40. The number of nitrogens with zero attached hydrogens (tertiary/aromatic N) is 3. The van der Waals surface area contributed by atoms with Crippen molar-refractivity contribution in [1.29, 1.82) is 0 Å². The number of guanidine groups is 1. The molecule has 2 aliphatic heterocycles. The number of hydrogen-bond donors (Lipinski definition) is 1. The van der Waals surface area contributed by atoms with Crippen molar-refractivity contribution in [3.63, 3.8) is 0 Å². The molecule has 166 valence electrons. The first-order valence-corrected chi connectivity index (χ1v) is 10.9. The number of aliphatic imine (C=N–C) groups is 1. The Kier molecular flexibility index (Phi) is 8.19. The smallest absolute Gasteiger partial charge is 0.251 e. The van der Waals surface area contributed by atoms with Crippen molar-refractivity contribution in [2.75, 3.05) is 53.0 Å². The summed E-state index contributed by atoms with van der Waals surface area (Å²) >= 11 is 0. The van der Waals surface area contributed by atoms with Crippen LogP contribution in [0.15, 0.2) is 23.2 Å². The normalized spacial score (nSPS) is 19.7. The van der Waals surface area contributed by atoms with Gasteiger partial charge < -0.3 is 29.3 Å². The Hall–Kier alpha value is -2.48. The number of nitrogens with one attached hydrogen (secondary N) is 1. The van der Waals surface area contributed by atoms with Crippen LogP contribution in [0.4, 0.5) is 0 Å². The molecule has 2 aliphatic rings. The van der Waals surface area contributed by atoms with Crippen LogP contribution in [0.1, 0.15) is 32.3 Å². The quantitative estimate of drug-likeness (QED) is 0.538. The van der Waals surface area contributed by atoms with Crippen LogP contribution < -0.4 is 14.8 Å². The van der Waals surface area contributed by atoms with Crippen LogP contribution in [-0.2, 0) is 16.1 Å². The summed E-state index contributed by atoms with van der Waals surface area (Å²) in [5, 5.41) is 3.38. The van der Waals surface area contributed by atoms with Gasteiger partial charge >= 0.3 is 0 Å². The van der Waals surface area contributed by atoms with Gasteiger partial charge in [-0.2, -0.15) is 0 Å². The predicted octanol–water partition coefficient (Wildman–Crippen LogP) is 1.88. The highest BCUT2D eigenvalue weighted by atomic mass is 16.5. The maximum atomic E-state index is 12.6. The minimum atomic E-state index is -0.243. The van der Waals surface area contributed by atoms with Gasteiger partial charge in [0, 0.05) is 39.3 Å². The molecule has 1 aromatic rings. The molecule has 8 nitrogen and oxygen atoms in total. The molecule has 1 aromatic carbocycles. The average Bonchev–Trinajstić information content (AvgIpc) is 3.32. The molecule has 30 heavy (non-hydrogen) atoms. The molecule has 2 fully saturated rings. The summed E-state index contributed by atoms with van der Waals surface area (Å²) in [6.45, 7) is 9.55. The second kappa shape index (κ2) is 11.1. The molecule has 1 atom stereocenters. The van der Waals surface area contributed by atoms with Gasteiger partial charge in [0.15, 0.2) is 17.5 Å². The van der Waals surface area contributed by atoms with Crippen LogP contribution in [0.2, 0.25) is 0 Å². The largest absolute Gasteiger partial charge is 0.493 e. The summed E-state index contributed by atoms with van der Waals surface area (Å²) in [6, 6.07) is 5.90. The third-order valence-electron chi connectivity index (χ3n) is 5.37. The lowest BCUT2D eigenvalue weighted by atomic mass is 10.2. The fourth-order valence-corrected chi connectivity index (χ4v) is 3.79. The lowest BCUT2D eigenvalue weighted by Crippen LogP contribution is -2.55. The third-order valence-corrected chi connectivity index (χ3v) is 5.37. The first kappa shape index (κ1) is 22.2. The molecule has 0 bridgehead atoms. The number of methoxy groups -OCH3 is 1. The van der Waals surface area contributed by atoms with Crippen molar-refractivity contribution in [3.8, 4) is 11.5 Å². The van der Waals surface area contributed by atoms with Gasteiger partial charge in [0.25, 0.3) is 5.91 Å². The van der Waals surface area contributed by atoms with E-state index in [1.54, 1.807) is 7.11 Å². The van der Waals surface area contributed by atoms with Crippen molar-refractivity contribution < 1.29 is 19.0 Å². The number of hydrogen-bond acceptors (Lipinski definition) is 5. The molecular formula is C22H34N4O4. The minimum Gasteiger partial charge on any atom is -0.493 e. The lowest BCUT2D eigenvalue weighted by molar-refractivity contribution is -0.142. The highest BCUT2D eigenvalue weighted by molar-refractivity contribution is 5.82. The lowest BCUT2D eigenvalue weighted by Gasteiger charge is -2.37. The van der Waals surface area contributed by atoms with E-state index in [1.807, 2.05) is 30.0 Å². The van der Waals surface area contributed by atoms with Crippen molar-refractivity contribution in [2.24, 2.45) is 4.99 Å². The zero-order chi connectivity index (χ0) is 21.3. The predicted molar refractivity (Wildman–Crippen MR) is 116 cm³/mol. The Bertz CT molecular complexity index is 726. The molecule has 1 N–H and O–H groups in total. The fourth-order valence-electron chi connectivity index (χ4n) is 3.79. The van der Waals surface area contributed by atoms with Gasteiger partial charge in [0.2, 0.25) is 0 Å². The molecular weight excluding hydrogens is 384 g/mol.